The first kappa shape index (κ1) is 67.3. The van der Waals surface area contributed by atoms with Gasteiger partial charge >= 0.3 is 0 Å². The van der Waals surface area contributed by atoms with Gasteiger partial charge in [-0.1, -0.05) is 261 Å². The van der Waals surface area contributed by atoms with E-state index in [2.05, 4.69) is 386 Å². The van der Waals surface area contributed by atoms with Gasteiger partial charge in [0.2, 0.25) is 0 Å². The first-order chi connectivity index (χ1) is 57.3. The molecule has 0 saturated carbocycles. The normalized spacial score (nSPS) is 11.6. The Morgan fingerprint density at radius 3 is 0.948 bits per heavy atom. The molecule has 0 atom stereocenters. The summed E-state index contributed by atoms with van der Waals surface area (Å²) >= 11 is 0. The molecule has 0 saturated heterocycles. The fourth-order valence-electron chi connectivity index (χ4n) is 16.6. The van der Waals surface area contributed by atoms with Crippen molar-refractivity contribution in [3.8, 4) is 112 Å². The average molecular weight is 1480 g/mol. The minimum absolute atomic E-state index is 0.924. The highest BCUT2D eigenvalue weighted by Crippen LogP contribution is 2.39. The summed E-state index contributed by atoms with van der Waals surface area (Å²) in [5.74, 6) is 0. The quantitative estimate of drug-likeness (QED) is 0.125. The van der Waals surface area contributed by atoms with Crippen LogP contribution < -0.4 is 0 Å². The number of pyridine rings is 8. The molecule has 116 heavy (non-hydrogen) atoms. The third-order valence-electron chi connectivity index (χ3n) is 22.7. The van der Waals surface area contributed by atoms with Crippen molar-refractivity contribution in [1.29, 1.82) is 0 Å². The Hall–Kier alpha value is -15.6. The van der Waals surface area contributed by atoms with E-state index in [0.717, 1.165) is 199 Å². The van der Waals surface area contributed by atoms with E-state index in [0.29, 0.717) is 0 Å². The van der Waals surface area contributed by atoms with Gasteiger partial charge < -0.3 is 0 Å². The van der Waals surface area contributed by atoms with Crippen molar-refractivity contribution in [2.45, 2.75) is 0 Å². The van der Waals surface area contributed by atoms with Gasteiger partial charge in [-0.15, -0.1) is 0 Å². The maximum Gasteiger partial charge on any atom is 0.0972 e. The van der Waals surface area contributed by atoms with Gasteiger partial charge in [-0.05, 0) is 204 Å². The predicted octanol–water partition coefficient (Wildman–Crippen LogP) is 27.9. The second-order valence-corrected chi connectivity index (χ2v) is 29.8. The molecule has 0 N–H and O–H groups in total. The summed E-state index contributed by atoms with van der Waals surface area (Å²) < 4.78 is 0. The molecule has 538 valence electrons. The van der Waals surface area contributed by atoms with Gasteiger partial charge in [-0.25, -0.2) is 29.9 Å². The first-order valence-electron chi connectivity index (χ1n) is 39.1. The Balaban J connectivity index is 0.000000142. The summed E-state index contributed by atoms with van der Waals surface area (Å²) in [6, 6.07) is 137. The molecule has 23 aromatic rings. The lowest BCUT2D eigenvalue weighted by atomic mass is 9.94. The van der Waals surface area contributed by atoms with Crippen LogP contribution in [0.4, 0.5) is 0 Å². The number of rotatable bonds is 10. The Bertz CT molecular complexity index is 7860. The SMILES string of the molecule is c1ccc(-c2cc(-c3ccccc3)cc(-c3ccc4cc(-c5ccc6ccc(-c7ccc8cc(-c9ccc%10ccc%11cccnc%11c%10n9)ccc8c7)nc6c5)ccc4n3)c2)cc1.c1ccc2c(-c3ccc4cc(-c5ccc6ccc(-c7ccc8cc(-c9ccc%10ccc%11cccnc%11c%10n9)ccc8c7)nc6c5)ccc4n3)cccc2c1. The number of fused-ring (bicyclic) bond motifs is 13. The van der Waals surface area contributed by atoms with Crippen LogP contribution in [-0.4, -0.2) is 39.9 Å². The van der Waals surface area contributed by atoms with Crippen molar-refractivity contribution in [1.82, 2.24) is 39.9 Å². The van der Waals surface area contributed by atoms with Crippen LogP contribution in [0.2, 0.25) is 0 Å². The summed E-state index contributed by atoms with van der Waals surface area (Å²) in [7, 11) is 0. The van der Waals surface area contributed by atoms with Gasteiger partial charge in [0.15, 0.2) is 0 Å². The van der Waals surface area contributed by atoms with Crippen LogP contribution in [-0.2, 0) is 0 Å². The topological polar surface area (TPSA) is 103 Å². The summed E-state index contributed by atoms with van der Waals surface area (Å²) in [4.78, 5) is 40.0. The van der Waals surface area contributed by atoms with Gasteiger partial charge in [0, 0.05) is 88.9 Å². The van der Waals surface area contributed by atoms with E-state index in [1.54, 1.807) is 0 Å². The third kappa shape index (κ3) is 12.7. The Morgan fingerprint density at radius 1 is 0.138 bits per heavy atom. The van der Waals surface area contributed by atoms with E-state index >= 15 is 0 Å². The zero-order valence-electron chi connectivity index (χ0n) is 62.7. The van der Waals surface area contributed by atoms with E-state index < -0.39 is 0 Å². The molecule has 8 nitrogen and oxygen atoms in total. The highest BCUT2D eigenvalue weighted by molar-refractivity contribution is 6.06. The zero-order valence-corrected chi connectivity index (χ0v) is 62.7. The van der Waals surface area contributed by atoms with Gasteiger partial charge in [0.1, 0.15) is 0 Å². The van der Waals surface area contributed by atoms with E-state index in [1.165, 1.54) is 33.0 Å². The van der Waals surface area contributed by atoms with Crippen molar-refractivity contribution in [2.75, 3.05) is 0 Å². The van der Waals surface area contributed by atoms with Crippen LogP contribution in [0.15, 0.2) is 401 Å². The largest absolute Gasteiger partial charge is 0.254 e. The fraction of sp³-hybridized carbons (Fsp3) is 0. The number of benzene rings is 15. The Kier molecular flexibility index (Phi) is 16.4. The predicted molar refractivity (Wildman–Crippen MR) is 482 cm³/mol. The van der Waals surface area contributed by atoms with E-state index in [9.17, 15) is 0 Å². The van der Waals surface area contributed by atoms with Crippen molar-refractivity contribution in [3.63, 3.8) is 0 Å². The van der Waals surface area contributed by atoms with Crippen molar-refractivity contribution >= 4 is 120 Å². The van der Waals surface area contributed by atoms with Crippen LogP contribution in [0.1, 0.15) is 0 Å². The number of hydrogen-bond acceptors (Lipinski definition) is 8. The molecule has 0 aliphatic rings. The lowest BCUT2D eigenvalue weighted by Gasteiger charge is -2.12. The number of nitrogens with zero attached hydrogens (tertiary/aromatic N) is 8. The molecule has 0 aliphatic carbocycles. The Labute approximate surface area is 667 Å². The van der Waals surface area contributed by atoms with Crippen LogP contribution in [0.25, 0.3) is 232 Å². The maximum atomic E-state index is 5.19. The maximum absolute atomic E-state index is 5.19. The van der Waals surface area contributed by atoms with E-state index in [-0.39, 0.29) is 0 Å². The van der Waals surface area contributed by atoms with Crippen LogP contribution in [0.3, 0.4) is 0 Å². The molecule has 8 heterocycles. The van der Waals surface area contributed by atoms with Crippen molar-refractivity contribution in [2.24, 2.45) is 0 Å². The molecule has 0 unspecified atom stereocenters. The summed E-state index contributed by atoms with van der Waals surface area (Å²) in [5.41, 5.74) is 29.1. The molecule has 0 amide bonds. The Morgan fingerprint density at radius 2 is 0.457 bits per heavy atom. The molecule has 15 aromatic carbocycles. The lowest BCUT2D eigenvalue weighted by molar-refractivity contribution is 1.37. The minimum atomic E-state index is 0.924. The fourth-order valence-corrected chi connectivity index (χ4v) is 16.6. The minimum Gasteiger partial charge on any atom is -0.254 e. The van der Waals surface area contributed by atoms with Gasteiger partial charge in [0.05, 0.1) is 78.3 Å². The molecular weight excluding hydrogens is 1410 g/mol. The van der Waals surface area contributed by atoms with Crippen LogP contribution in [0, 0.1) is 0 Å². The van der Waals surface area contributed by atoms with Crippen LogP contribution >= 0.6 is 0 Å². The monoisotopic (exact) mass is 1470 g/mol. The van der Waals surface area contributed by atoms with Crippen LogP contribution in [0.5, 0.6) is 0 Å². The van der Waals surface area contributed by atoms with E-state index in [1.807, 2.05) is 24.5 Å². The highest BCUT2D eigenvalue weighted by atomic mass is 14.8. The molecule has 0 bridgehead atoms. The van der Waals surface area contributed by atoms with Crippen molar-refractivity contribution < 1.29 is 0 Å². The first-order valence-corrected chi connectivity index (χ1v) is 39.1. The lowest BCUT2D eigenvalue weighted by Crippen LogP contribution is -1.90. The highest BCUT2D eigenvalue weighted by Gasteiger charge is 2.17. The third-order valence-corrected chi connectivity index (χ3v) is 22.7. The van der Waals surface area contributed by atoms with Crippen molar-refractivity contribution in [3.05, 3.63) is 401 Å². The molecule has 8 aromatic heterocycles. The molecule has 0 aliphatic heterocycles. The summed E-state index contributed by atoms with van der Waals surface area (Å²) in [6.07, 6.45) is 3.66. The molecule has 23 rings (SSSR count). The van der Waals surface area contributed by atoms with Gasteiger partial charge in [0.25, 0.3) is 0 Å². The molecule has 0 spiro atoms. The molecule has 0 fully saturated rings. The second-order valence-electron chi connectivity index (χ2n) is 29.8. The van der Waals surface area contributed by atoms with Gasteiger partial charge in [-0.2, -0.15) is 0 Å². The molecular formula is C108H66N8. The van der Waals surface area contributed by atoms with E-state index in [4.69, 9.17) is 29.9 Å². The number of hydrogen-bond donors (Lipinski definition) is 0. The smallest absolute Gasteiger partial charge is 0.0972 e. The molecule has 0 radical (unpaired) electrons. The standard InChI is InChI=1S/C58H36N4.C50H30N4/c1-3-8-37(9-4-1)49-33-50(38-10-5-2-6-11-38)35-51(34-49)55-28-24-48-32-44(23-27-52(48)60-55)45-16-13-39-21-25-53(61-56(39)36-45)46-19-17-43-31-47(20-18-42(43)30-46)54-26-22-41-15-14-40-12-7-29-59-57(40)58(41)62-54;1-2-8-42-31(5-1)6-3-9-43(42)47-25-21-41-29-37(20-24-44(41)52-47)38-13-10-32-18-22-45(53-48(32)30-38)39-16-14-36-28-40(17-15-35(36)27-39)46-23-19-34-12-11-33-7-4-26-51-49(33)50(34)54-46/h1-36H;1-30H. The summed E-state index contributed by atoms with van der Waals surface area (Å²) in [5, 5.41) is 15.9. The molecule has 8 heteroatoms. The summed E-state index contributed by atoms with van der Waals surface area (Å²) in [6.45, 7) is 0. The zero-order chi connectivity index (χ0) is 76.6. The number of aromatic nitrogens is 8. The second kappa shape index (κ2) is 28.3. The van der Waals surface area contributed by atoms with Gasteiger partial charge in [-0.3, -0.25) is 9.97 Å². The average Bonchev–Trinajstić information content (AvgIpc) is 0.788.